The van der Waals surface area contributed by atoms with Crippen LogP contribution in [0.3, 0.4) is 0 Å². The summed E-state index contributed by atoms with van der Waals surface area (Å²) in [5, 5.41) is 7.97. The summed E-state index contributed by atoms with van der Waals surface area (Å²) in [6, 6.07) is 5.81. The minimum atomic E-state index is 0.0179. The van der Waals surface area contributed by atoms with Crippen molar-refractivity contribution in [2.24, 2.45) is 0 Å². The highest BCUT2D eigenvalue weighted by atomic mass is 32.1. The topological polar surface area (TPSA) is 66.9 Å². The summed E-state index contributed by atoms with van der Waals surface area (Å²) in [6.45, 7) is 2.50. The molecule has 2 rings (SSSR count). The first-order valence-corrected chi connectivity index (χ1v) is 6.97. The average Bonchev–Trinajstić information content (AvgIpc) is 2.94. The summed E-state index contributed by atoms with van der Waals surface area (Å²) in [5.74, 6) is 0.561. The largest absolute Gasteiger partial charge is 0.354 e. The van der Waals surface area contributed by atoms with Crippen LogP contribution in [0, 0.1) is 0 Å². The van der Waals surface area contributed by atoms with Gasteiger partial charge in [0.05, 0.1) is 6.04 Å². The van der Waals surface area contributed by atoms with Crippen molar-refractivity contribution in [2.45, 2.75) is 19.4 Å². The smallest absolute Gasteiger partial charge is 0.222 e. The number of anilines is 1. The Kier molecular flexibility index (Phi) is 4.85. The molecule has 100 valence electrons. The van der Waals surface area contributed by atoms with Gasteiger partial charge in [0, 0.05) is 30.2 Å². The van der Waals surface area contributed by atoms with Gasteiger partial charge >= 0.3 is 0 Å². The van der Waals surface area contributed by atoms with E-state index in [1.165, 1.54) is 0 Å². The molecular formula is C13H16N4OS. The number of hydrogen-bond donors (Lipinski definition) is 2. The highest BCUT2D eigenvalue weighted by Gasteiger charge is 2.09. The van der Waals surface area contributed by atoms with Crippen molar-refractivity contribution in [3.8, 4) is 0 Å². The van der Waals surface area contributed by atoms with E-state index < -0.39 is 0 Å². The quantitative estimate of drug-likeness (QED) is 0.849. The van der Waals surface area contributed by atoms with Crippen molar-refractivity contribution < 1.29 is 4.79 Å². The molecule has 2 aromatic heterocycles. The molecule has 1 unspecified atom stereocenters. The molecule has 19 heavy (non-hydrogen) atoms. The van der Waals surface area contributed by atoms with Crippen molar-refractivity contribution in [3.05, 3.63) is 40.8 Å². The molecule has 0 saturated carbocycles. The van der Waals surface area contributed by atoms with Crippen LogP contribution in [-0.2, 0) is 4.79 Å². The number of hydrogen-bond acceptors (Lipinski definition) is 5. The molecule has 2 N–H and O–H groups in total. The second-order valence-electron chi connectivity index (χ2n) is 4.05. The molecule has 5 nitrogen and oxygen atoms in total. The van der Waals surface area contributed by atoms with Crippen molar-refractivity contribution in [2.75, 3.05) is 11.9 Å². The zero-order chi connectivity index (χ0) is 13.5. The maximum absolute atomic E-state index is 11.8. The van der Waals surface area contributed by atoms with E-state index in [2.05, 4.69) is 20.6 Å². The number of nitrogens with zero attached hydrogens (tertiary/aromatic N) is 2. The second kappa shape index (κ2) is 6.84. The van der Waals surface area contributed by atoms with Gasteiger partial charge in [-0.05, 0) is 24.4 Å². The average molecular weight is 276 g/mol. The lowest BCUT2D eigenvalue weighted by Gasteiger charge is -2.12. The maximum atomic E-state index is 11.8. The molecule has 0 spiro atoms. The normalized spacial score (nSPS) is 11.8. The minimum absolute atomic E-state index is 0.0179. The van der Waals surface area contributed by atoms with Crippen LogP contribution >= 0.6 is 11.3 Å². The summed E-state index contributed by atoms with van der Waals surface area (Å²) in [4.78, 5) is 21.0. The molecule has 0 aliphatic rings. The van der Waals surface area contributed by atoms with Gasteiger partial charge in [-0.3, -0.25) is 4.79 Å². The number of nitrogens with one attached hydrogen (secondary N) is 2. The molecule has 0 bridgehead atoms. The Bertz CT molecular complexity index is 501. The van der Waals surface area contributed by atoms with E-state index in [1.807, 2.05) is 24.4 Å². The van der Waals surface area contributed by atoms with Crippen LogP contribution in [0.25, 0.3) is 0 Å². The van der Waals surface area contributed by atoms with Gasteiger partial charge in [0.1, 0.15) is 0 Å². The van der Waals surface area contributed by atoms with E-state index in [0.29, 0.717) is 18.9 Å². The highest BCUT2D eigenvalue weighted by molar-refractivity contribution is 7.10. The summed E-state index contributed by atoms with van der Waals surface area (Å²) in [6.07, 6.45) is 3.72. The number of carbonyl (C=O) groups is 1. The van der Waals surface area contributed by atoms with Crippen LogP contribution in [0.5, 0.6) is 0 Å². The zero-order valence-corrected chi connectivity index (χ0v) is 11.5. The Morgan fingerprint density at radius 2 is 2.16 bits per heavy atom. The van der Waals surface area contributed by atoms with Crippen LogP contribution < -0.4 is 10.6 Å². The van der Waals surface area contributed by atoms with Crippen LogP contribution in [-0.4, -0.2) is 22.4 Å². The standard InChI is InChI=1S/C13H16N4OS/c1-10(11-4-2-9-19-11)17-12(18)5-8-16-13-14-6-3-7-15-13/h2-4,6-7,9-10H,5,8H2,1H3,(H,17,18)(H,14,15,16). The van der Waals surface area contributed by atoms with Crippen LogP contribution in [0.15, 0.2) is 36.0 Å². The Morgan fingerprint density at radius 1 is 1.37 bits per heavy atom. The summed E-state index contributed by atoms with van der Waals surface area (Å²) >= 11 is 1.64. The SMILES string of the molecule is CC(NC(=O)CCNc1ncccn1)c1cccs1. The maximum Gasteiger partial charge on any atom is 0.222 e. The molecule has 6 heteroatoms. The molecule has 0 aromatic carbocycles. The monoisotopic (exact) mass is 276 g/mol. The number of amides is 1. The molecule has 0 aliphatic carbocycles. The van der Waals surface area contributed by atoms with Gasteiger partial charge in [0.15, 0.2) is 0 Å². The van der Waals surface area contributed by atoms with E-state index in [0.717, 1.165) is 4.88 Å². The van der Waals surface area contributed by atoms with E-state index in [9.17, 15) is 4.79 Å². The molecule has 1 amide bonds. The Hall–Kier alpha value is -1.95. The minimum Gasteiger partial charge on any atom is -0.354 e. The third-order valence-corrected chi connectivity index (χ3v) is 3.60. The van der Waals surface area contributed by atoms with Crippen molar-refractivity contribution >= 4 is 23.2 Å². The lowest BCUT2D eigenvalue weighted by atomic mass is 10.2. The molecule has 0 radical (unpaired) electrons. The first-order valence-electron chi connectivity index (χ1n) is 6.09. The number of thiophene rings is 1. The zero-order valence-electron chi connectivity index (χ0n) is 10.7. The van der Waals surface area contributed by atoms with Crippen molar-refractivity contribution in [1.29, 1.82) is 0 Å². The van der Waals surface area contributed by atoms with E-state index in [-0.39, 0.29) is 11.9 Å². The summed E-state index contributed by atoms with van der Waals surface area (Å²) in [7, 11) is 0. The van der Waals surface area contributed by atoms with Crippen LogP contribution in [0.4, 0.5) is 5.95 Å². The summed E-state index contributed by atoms with van der Waals surface area (Å²) in [5.41, 5.74) is 0. The van der Waals surface area contributed by atoms with Crippen LogP contribution in [0.1, 0.15) is 24.3 Å². The number of carbonyl (C=O) groups excluding carboxylic acids is 1. The molecule has 0 saturated heterocycles. The summed E-state index contributed by atoms with van der Waals surface area (Å²) < 4.78 is 0. The third-order valence-electron chi connectivity index (χ3n) is 2.55. The molecular weight excluding hydrogens is 260 g/mol. The first-order chi connectivity index (χ1) is 9.25. The van der Waals surface area contributed by atoms with Gasteiger partial charge in [-0.25, -0.2) is 9.97 Å². The lowest BCUT2D eigenvalue weighted by molar-refractivity contribution is -0.121. The lowest BCUT2D eigenvalue weighted by Crippen LogP contribution is -2.27. The Balaban J connectivity index is 1.70. The number of aromatic nitrogens is 2. The first kappa shape index (κ1) is 13.5. The van der Waals surface area contributed by atoms with Gasteiger partial charge < -0.3 is 10.6 Å². The Labute approximate surface area is 116 Å². The van der Waals surface area contributed by atoms with E-state index in [4.69, 9.17) is 0 Å². The third kappa shape index (κ3) is 4.33. The fourth-order valence-corrected chi connectivity index (χ4v) is 2.34. The van der Waals surface area contributed by atoms with Gasteiger partial charge in [0.25, 0.3) is 0 Å². The fraction of sp³-hybridized carbons (Fsp3) is 0.308. The highest BCUT2D eigenvalue weighted by Crippen LogP contribution is 2.17. The van der Waals surface area contributed by atoms with Gasteiger partial charge in [-0.2, -0.15) is 0 Å². The molecule has 2 aromatic rings. The molecule has 0 fully saturated rings. The van der Waals surface area contributed by atoms with E-state index in [1.54, 1.807) is 29.8 Å². The Morgan fingerprint density at radius 3 is 2.84 bits per heavy atom. The van der Waals surface area contributed by atoms with Crippen molar-refractivity contribution in [3.63, 3.8) is 0 Å². The number of rotatable bonds is 6. The van der Waals surface area contributed by atoms with Gasteiger partial charge in [-0.15, -0.1) is 11.3 Å². The molecule has 1 atom stereocenters. The van der Waals surface area contributed by atoms with Gasteiger partial charge in [-0.1, -0.05) is 6.07 Å². The van der Waals surface area contributed by atoms with Crippen LogP contribution in [0.2, 0.25) is 0 Å². The fourth-order valence-electron chi connectivity index (χ4n) is 1.60. The van der Waals surface area contributed by atoms with Gasteiger partial charge in [0.2, 0.25) is 11.9 Å². The van der Waals surface area contributed by atoms with E-state index >= 15 is 0 Å². The predicted molar refractivity (Wildman–Crippen MR) is 76.0 cm³/mol. The predicted octanol–water partition coefficient (Wildman–Crippen LogP) is 2.22. The molecule has 2 heterocycles. The van der Waals surface area contributed by atoms with Crippen molar-refractivity contribution in [1.82, 2.24) is 15.3 Å². The second-order valence-corrected chi connectivity index (χ2v) is 5.03. The molecule has 0 aliphatic heterocycles.